The maximum absolute atomic E-state index is 14.5. The molecule has 1 aromatic carbocycles. The smallest absolute Gasteiger partial charge is 0.406 e. The van der Waals surface area contributed by atoms with Gasteiger partial charge in [0.25, 0.3) is 11.5 Å². The first-order valence-corrected chi connectivity index (χ1v) is 10.2. The molecule has 0 unspecified atom stereocenters. The average Bonchev–Trinajstić information content (AvgIpc) is 2.62. The molecule has 0 spiro atoms. The number of ether oxygens (including phenoxy) is 1. The van der Waals surface area contributed by atoms with Gasteiger partial charge in [-0.3, -0.25) is 14.8 Å². The van der Waals surface area contributed by atoms with E-state index in [1.54, 1.807) is 0 Å². The van der Waals surface area contributed by atoms with Crippen LogP contribution < -0.4 is 15.8 Å². The maximum atomic E-state index is 14.5. The number of carbonyl (C=O) groups excluding carboxylic acids is 1. The van der Waals surface area contributed by atoms with E-state index in [4.69, 9.17) is 5.21 Å². The number of hydrogen-bond acceptors (Lipinski definition) is 6. The van der Waals surface area contributed by atoms with Gasteiger partial charge in [-0.25, -0.2) is 18.3 Å². The fourth-order valence-corrected chi connectivity index (χ4v) is 3.62. The fraction of sp³-hybridized carbons (Fsp3) is 0.294. The first-order valence-electron chi connectivity index (χ1n) is 8.21. The molecular formula is C17H16F4N2O6S. The largest absolute Gasteiger partial charge is 0.573 e. The summed E-state index contributed by atoms with van der Waals surface area (Å²) in [5, 5.41) is 6.99. The van der Waals surface area contributed by atoms with Crippen LogP contribution in [0.5, 0.6) is 5.75 Å². The average molecular weight is 452 g/mol. The van der Waals surface area contributed by atoms with E-state index in [2.05, 4.69) is 4.74 Å². The third-order valence-electron chi connectivity index (χ3n) is 4.03. The van der Waals surface area contributed by atoms with E-state index in [0.29, 0.717) is 0 Å². The van der Waals surface area contributed by atoms with Gasteiger partial charge in [0.2, 0.25) is 0 Å². The molecule has 0 aliphatic carbocycles. The summed E-state index contributed by atoms with van der Waals surface area (Å²) in [5.41, 5.74) is 0.405. The number of aromatic nitrogens is 1. The van der Waals surface area contributed by atoms with Crippen LogP contribution in [0, 0.1) is 5.82 Å². The second-order valence-electron chi connectivity index (χ2n) is 6.22. The molecule has 0 saturated heterocycles. The number of rotatable bonds is 7. The minimum atomic E-state index is -4.88. The van der Waals surface area contributed by atoms with Crippen LogP contribution in [0.1, 0.15) is 6.42 Å². The Bertz CT molecular complexity index is 1080. The molecule has 2 N–H and O–H groups in total. The summed E-state index contributed by atoms with van der Waals surface area (Å²) in [4.78, 5) is 23.7. The van der Waals surface area contributed by atoms with Gasteiger partial charge in [-0.2, -0.15) is 0 Å². The zero-order valence-electron chi connectivity index (χ0n) is 15.3. The summed E-state index contributed by atoms with van der Waals surface area (Å²) in [6.07, 6.45) is -3.74. The summed E-state index contributed by atoms with van der Waals surface area (Å²) in [6, 6.07) is 5.07. The second kappa shape index (κ2) is 8.83. The molecule has 1 amide bonds. The van der Waals surface area contributed by atoms with Crippen molar-refractivity contribution in [2.45, 2.75) is 24.6 Å². The van der Waals surface area contributed by atoms with Gasteiger partial charge in [0.15, 0.2) is 9.84 Å². The van der Waals surface area contributed by atoms with Crippen LogP contribution in [0.2, 0.25) is 0 Å². The molecule has 0 radical (unpaired) electrons. The highest BCUT2D eigenvalue weighted by Gasteiger charge is 2.31. The van der Waals surface area contributed by atoms with Crippen LogP contribution in [0.15, 0.2) is 41.3 Å². The third-order valence-corrected chi connectivity index (χ3v) is 5.51. The van der Waals surface area contributed by atoms with Crippen molar-refractivity contribution in [3.63, 3.8) is 0 Å². The minimum absolute atomic E-state index is 0.111. The van der Waals surface area contributed by atoms with E-state index in [9.17, 15) is 35.6 Å². The lowest BCUT2D eigenvalue weighted by Crippen LogP contribution is -2.39. The Hall–Kier alpha value is -2.93. The number of nitrogens with one attached hydrogen (secondary N) is 1. The van der Waals surface area contributed by atoms with Crippen molar-refractivity contribution >= 4 is 15.7 Å². The van der Waals surface area contributed by atoms with E-state index in [0.717, 1.165) is 47.4 Å². The molecule has 8 nitrogen and oxygen atoms in total. The van der Waals surface area contributed by atoms with Crippen LogP contribution in [-0.4, -0.2) is 42.0 Å². The molecule has 0 aliphatic rings. The SMILES string of the molecule is CS(=O)(=O)[C@H](CCn1cc(F)c(-c2ccc(OC(F)(F)F)cc2)cc1=O)C(=O)NO. The number of sulfone groups is 1. The number of hydrogen-bond donors (Lipinski definition) is 2. The van der Waals surface area contributed by atoms with Crippen LogP contribution in [0.4, 0.5) is 17.6 Å². The molecule has 0 fully saturated rings. The zero-order chi connectivity index (χ0) is 22.7. The van der Waals surface area contributed by atoms with Gasteiger partial charge < -0.3 is 9.30 Å². The highest BCUT2D eigenvalue weighted by atomic mass is 32.2. The summed E-state index contributed by atoms with van der Waals surface area (Å²) in [7, 11) is -3.91. The lowest BCUT2D eigenvalue weighted by atomic mass is 10.1. The Morgan fingerprint density at radius 1 is 1.27 bits per heavy atom. The van der Waals surface area contributed by atoms with Crippen molar-refractivity contribution in [3.8, 4) is 16.9 Å². The molecule has 1 aromatic heterocycles. The Morgan fingerprint density at radius 2 is 1.87 bits per heavy atom. The summed E-state index contributed by atoms with van der Waals surface area (Å²) >= 11 is 0. The number of nitrogens with zero attached hydrogens (tertiary/aromatic N) is 1. The molecule has 2 aromatic rings. The van der Waals surface area contributed by atoms with E-state index >= 15 is 0 Å². The van der Waals surface area contributed by atoms with Crippen LogP contribution >= 0.6 is 0 Å². The van der Waals surface area contributed by atoms with Crippen LogP contribution in [0.3, 0.4) is 0 Å². The first-order chi connectivity index (χ1) is 13.8. The van der Waals surface area contributed by atoms with Gasteiger partial charge in [0.1, 0.15) is 16.8 Å². The number of halogens is 4. The molecular weight excluding hydrogens is 436 g/mol. The highest BCUT2D eigenvalue weighted by molar-refractivity contribution is 7.92. The van der Waals surface area contributed by atoms with Crippen molar-refractivity contribution in [1.82, 2.24) is 10.0 Å². The molecule has 1 heterocycles. The molecule has 164 valence electrons. The molecule has 13 heteroatoms. The lowest BCUT2D eigenvalue weighted by molar-refractivity contribution is -0.274. The lowest BCUT2D eigenvalue weighted by Gasteiger charge is -2.14. The zero-order valence-corrected chi connectivity index (χ0v) is 16.1. The maximum Gasteiger partial charge on any atom is 0.573 e. The Kier molecular flexibility index (Phi) is 6.87. The van der Waals surface area contributed by atoms with Crippen molar-refractivity contribution in [2.75, 3.05) is 6.26 Å². The summed E-state index contributed by atoms with van der Waals surface area (Å²) < 4.78 is 78.9. The predicted octanol–water partition coefficient (Wildman–Crippen LogP) is 1.86. The number of hydroxylamine groups is 1. The fourth-order valence-electron chi connectivity index (χ4n) is 2.65. The molecule has 0 aliphatic heterocycles. The molecule has 2 rings (SSSR count). The van der Waals surface area contributed by atoms with E-state index in [1.807, 2.05) is 0 Å². The molecule has 0 bridgehead atoms. The van der Waals surface area contributed by atoms with Gasteiger partial charge in [0, 0.05) is 30.6 Å². The Balaban J connectivity index is 2.25. The van der Waals surface area contributed by atoms with Gasteiger partial charge in [-0.1, -0.05) is 12.1 Å². The first kappa shape index (κ1) is 23.3. The molecule has 0 saturated carbocycles. The Morgan fingerprint density at radius 3 is 2.37 bits per heavy atom. The van der Waals surface area contributed by atoms with Gasteiger partial charge in [0.05, 0.1) is 0 Å². The van der Waals surface area contributed by atoms with E-state index < -0.39 is 50.9 Å². The standard InChI is InChI=1S/C17H16F4N2O6S/c1-30(27,28)14(16(25)22-26)6-7-23-9-13(18)12(8-15(23)24)10-2-4-11(5-3-10)29-17(19,20)21/h2-5,8-9,14,26H,6-7H2,1H3,(H,22,25)/t14-/m1/s1. The summed E-state index contributed by atoms with van der Waals surface area (Å²) in [6.45, 7) is -0.348. The monoisotopic (exact) mass is 452 g/mol. The molecule has 1 atom stereocenters. The number of amides is 1. The quantitative estimate of drug-likeness (QED) is 0.377. The minimum Gasteiger partial charge on any atom is -0.406 e. The van der Waals surface area contributed by atoms with Gasteiger partial charge >= 0.3 is 6.36 Å². The molecule has 30 heavy (non-hydrogen) atoms. The van der Waals surface area contributed by atoms with Crippen molar-refractivity contribution in [1.29, 1.82) is 0 Å². The van der Waals surface area contributed by atoms with Crippen LogP contribution in [-0.2, 0) is 21.2 Å². The third kappa shape index (κ3) is 6.03. The van der Waals surface area contributed by atoms with Gasteiger partial charge in [-0.05, 0) is 24.1 Å². The second-order valence-corrected chi connectivity index (χ2v) is 8.45. The number of pyridine rings is 1. The number of alkyl halides is 3. The van der Waals surface area contributed by atoms with E-state index in [-0.39, 0.29) is 17.7 Å². The highest BCUT2D eigenvalue weighted by Crippen LogP contribution is 2.27. The predicted molar refractivity (Wildman–Crippen MR) is 96.0 cm³/mol. The van der Waals surface area contributed by atoms with Crippen molar-refractivity contribution in [2.24, 2.45) is 0 Å². The number of aryl methyl sites for hydroxylation is 1. The topological polar surface area (TPSA) is 115 Å². The number of benzene rings is 1. The van der Waals surface area contributed by atoms with E-state index in [1.165, 1.54) is 5.48 Å². The normalized spacial score (nSPS) is 13.0. The Labute approximate surface area is 167 Å². The van der Waals surface area contributed by atoms with Crippen LogP contribution in [0.25, 0.3) is 11.1 Å². The van der Waals surface area contributed by atoms with Gasteiger partial charge in [-0.15, -0.1) is 13.2 Å². The number of carbonyl (C=O) groups is 1. The summed E-state index contributed by atoms with van der Waals surface area (Å²) in [5.74, 6) is -2.61. The van der Waals surface area contributed by atoms with Crippen molar-refractivity contribution < 1.29 is 40.7 Å². The van der Waals surface area contributed by atoms with Crippen molar-refractivity contribution in [3.05, 3.63) is 52.7 Å².